The molecule has 0 aliphatic carbocycles. The predicted molar refractivity (Wildman–Crippen MR) is 61.5 cm³/mol. The molecule has 0 bridgehead atoms. The lowest BCUT2D eigenvalue weighted by atomic mass is 10.1. The molecule has 0 saturated heterocycles. The van der Waals surface area contributed by atoms with E-state index in [0.717, 1.165) is 28.3 Å². The van der Waals surface area contributed by atoms with Crippen molar-refractivity contribution in [3.8, 4) is 5.75 Å². The van der Waals surface area contributed by atoms with E-state index in [9.17, 15) is 0 Å². The van der Waals surface area contributed by atoms with Gasteiger partial charge in [0.2, 0.25) is 0 Å². The summed E-state index contributed by atoms with van der Waals surface area (Å²) >= 11 is 0. The number of benzene rings is 1. The summed E-state index contributed by atoms with van der Waals surface area (Å²) < 4.78 is 10.8. The number of nitrogens with zero attached hydrogens (tertiary/aromatic N) is 1. The standard InChI is InChI=1S/C13H15NO2/c1-9-5-4-6-10(2)13(9)15-8-12-7-11(3)14-16-12/h4-7H,8H2,1-3H3. The van der Waals surface area contributed by atoms with Crippen molar-refractivity contribution >= 4 is 0 Å². The molecule has 1 aromatic heterocycles. The van der Waals surface area contributed by atoms with E-state index in [1.54, 1.807) is 0 Å². The fourth-order valence-electron chi connectivity index (χ4n) is 1.65. The van der Waals surface area contributed by atoms with Crippen LogP contribution in [0.5, 0.6) is 5.75 Å². The Kier molecular flexibility index (Phi) is 2.95. The molecule has 3 nitrogen and oxygen atoms in total. The van der Waals surface area contributed by atoms with Crippen LogP contribution in [0.15, 0.2) is 28.8 Å². The molecule has 16 heavy (non-hydrogen) atoms. The summed E-state index contributed by atoms with van der Waals surface area (Å²) in [6.07, 6.45) is 0. The van der Waals surface area contributed by atoms with Gasteiger partial charge in [-0.3, -0.25) is 0 Å². The van der Waals surface area contributed by atoms with E-state index >= 15 is 0 Å². The Morgan fingerprint density at radius 1 is 1.19 bits per heavy atom. The van der Waals surface area contributed by atoms with Gasteiger partial charge in [-0.25, -0.2) is 0 Å². The van der Waals surface area contributed by atoms with Crippen molar-refractivity contribution in [2.45, 2.75) is 27.4 Å². The molecular formula is C13H15NO2. The maximum Gasteiger partial charge on any atom is 0.174 e. The second kappa shape index (κ2) is 4.39. The van der Waals surface area contributed by atoms with Crippen molar-refractivity contribution in [1.82, 2.24) is 5.16 Å². The highest BCUT2D eigenvalue weighted by Crippen LogP contribution is 2.23. The first-order chi connectivity index (χ1) is 7.66. The van der Waals surface area contributed by atoms with Crippen molar-refractivity contribution in [3.05, 3.63) is 46.8 Å². The highest BCUT2D eigenvalue weighted by molar-refractivity contribution is 5.39. The molecule has 0 fully saturated rings. The van der Waals surface area contributed by atoms with Gasteiger partial charge in [-0.15, -0.1) is 0 Å². The summed E-state index contributed by atoms with van der Waals surface area (Å²) in [7, 11) is 0. The topological polar surface area (TPSA) is 35.3 Å². The maximum absolute atomic E-state index is 5.73. The minimum Gasteiger partial charge on any atom is -0.485 e. The molecule has 84 valence electrons. The molecule has 3 heteroatoms. The van der Waals surface area contributed by atoms with Crippen molar-refractivity contribution in [3.63, 3.8) is 0 Å². The zero-order chi connectivity index (χ0) is 11.5. The molecule has 0 N–H and O–H groups in total. The summed E-state index contributed by atoms with van der Waals surface area (Å²) in [4.78, 5) is 0. The average Bonchev–Trinajstić information content (AvgIpc) is 2.63. The van der Waals surface area contributed by atoms with Crippen LogP contribution in [0.1, 0.15) is 22.6 Å². The fraction of sp³-hybridized carbons (Fsp3) is 0.308. The van der Waals surface area contributed by atoms with Crippen LogP contribution in [0, 0.1) is 20.8 Å². The molecule has 0 saturated carbocycles. The third-order valence-electron chi connectivity index (χ3n) is 2.44. The van der Waals surface area contributed by atoms with Crippen LogP contribution in [0.3, 0.4) is 0 Å². The SMILES string of the molecule is Cc1cc(COc2c(C)cccc2C)on1. The number of aryl methyl sites for hydroxylation is 3. The number of para-hydroxylation sites is 1. The first-order valence-electron chi connectivity index (χ1n) is 5.28. The third-order valence-corrected chi connectivity index (χ3v) is 2.44. The van der Waals surface area contributed by atoms with Crippen LogP contribution in [0.2, 0.25) is 0 Å². The highest BCUT2D eigenvalue weighted by atomic mass is 16.5. The molecule has 0 aliphatic heterocycles. The summed E-state index contributed by atoms with van der Waals surface area (Å²) in [5, 5.41) is 3.82. The lowest BCUT2D eigenvalue weighted by Crippen LogP contribution is -1.97. The Balaban J connectivity index is 2.10. The van der Waals surface area contributed by atoms with Gasteiger partial charge in [0.05, 0.1) is 5.69 Å². The van der Waals surface area contributed by atoms with Gasteiger partial charge in [0, 0.05) is 6.07 Å². The first kappa shape index (κ1) is 10.7. The maximum atomic E-state index is 5.73. The van der Waals surface area contributed by atoms with Gasteiger partial charge in [0.1, 0.15) is 12.4 Å². The van der Waals surface area contributed by atoms with Gasteiger partial charge in [-0.1, -0.05) is 23.4 Å². The van der Waals surface area contributed by atoms with Gasteiger partial charge in [0.15, 0.2) is 5.76 Å². The summed E-state index contributed by atoms with van der Waals surface area (Å²) in [5.41, 5.74) is 3.15. The van der Waals surface area contributed by atoms with Gasteiger partial charge >= 0.3 is 0 Å². The normalized spacial score (nSPS) is 10.4. The fourth-order valence-corrected chi connectivity index (χ4v) is 1.65. The number of hydrogen-bond donors (Lipinski definition) is 0. The number of aromatic nitrogens is 1. The van der Waals surface area contributed by atoms with E-state index < -0.39 is 0 Å². The largest absolute Gasteiger partial charge is 0.485 e. The molecular weight excluding hydrogens is 202 g/mol. The summed E-state index contributed by atoms with van der Waals surface area (Å²) in [6, 6.07) is 7.98. The Morgan fingerprint density at radius 3 is 2.44 bits per heavy atom. The molecule has 1 aromatic carbocycles. The lowest BCUT2D eigenvalue weighted by molar-refractivity contribution is 0.246. The van der Waals surface area contributed by atoms with Crippen LogP contribution in [0.25, 0.3) is 0 Å². The molecule has 1 heterocycles. The molecule has 0 unspecified atom stereocenters. The summed E-state index contributed by atoms with van der Waals surface area (Å²) in [5.74, 6) is 1.68. The molecule has 2 rings (SSSR count). The van der Waals surface area contributed by atoms with Crippen molar-refractivity contribution in [2.75, 3.05) is 0 Å². The smallest absolute Gasteiger partial charge is 0.174 e. The number of rotatable bonds is 3. The Bertz CT molecular complexity index is 468. The van der Waals surface area contributed by atoms with Crippen LogP contribution < -0.4 is 4.74 Å². The molecule has 2 aromatic rings. The van der Waals surface area contributed by atoms with E-state index in [2.05, 4.69) is 5.16 Å². The zero-order valence-electron chi connectivity index (χ0n) is 9.78. The Labute approximate surface area is 95.0 Å². The Hall–Kier alpha value is -1.77. The molecule has 0 amide bonds. The van der Waals surface area contributed by atoms with Gasteiger partial charge in [0.25, 0.3) is 0 Å². The van der Waals surface area contributed by atoms with Crippen LogP contribution >= 0.6 is 0 Å². The molecule has 0 aliphatic rings. The lowest BCUT2D eigenvalue weighted by Gasteiger charge is -2.09. The first-order valence-corrected chi connectivity index (χ1v) is 5.28. The monoisotopic (exact) mass is 217 g/mol. The predicted octanol–water partition coefficient (Wildman–Crippen LogP) is 3.18. The average molecular weight is 217 g/mol. The molecule has 0 atom stereocenters. The van der Waals surface area contributed by atoms with Crippen LogP contribution in [-0.2, 0) is 6.61 Å². The number of hydrogen-bond acceptors (Lipinski definition) is 3. The van der Waals surface area contributed by atoms with E-state index in [-0.39, 0.29) is 0 Å². The van der Waals surface area contributed by atoms with Crippen molar-refractivity contribution in [1.29, 1.82) is 0 Å². The Morgan fingerprint density at radius 2 is 1.88 bits per heavy atom. The van der Waals surface area contributed by atoms with Crippen LogP contribution in [0.4, 0.5) is 0 Å². The van der Waals surface area contributed by atoms with Gasteiger partial charge in [-0.2, -0.15) is 0 Å². The minimum absolute atomic E-state index is 0.423. The van der Waals surface area contributed by atoms with E-state index in [4.69, 9.17) is 9.26 Å². The second-order valence-corrected chi connectivity index (χ2v) is 3.94. The quantitative estimate of drug-likeness (QED) is 0.792. The summed E-state index contributed by atoms with van der Waals surface area (Å²) in [6.45, 7) is 6.39. The van der Waals surface area contributed by atoms with E-state index in [0.29, 0.717) is 6.61 Å². The highest BCUT2D eigenvalue weighted by Gasteiger charge is 2.06. The minimum atomic E-state index is 0.423. The van der Waals surface area contributed by atoms with Crippen molar-refractivity contribution in [2.24, 2.45) is 0 Å². The van der Waals surface area contributed by atoms with E-state index in [1.165, 1.54) is 0 Å². The van der Waals surface area contributed by atoms with E-state index in [1.807, 2.05) is 45.0 Å². The molecule has 0 spiro atoms. The zero-order valence-corrected chi connectivity index (χ0v) is 9.78. The number of ether oxygens (including phenoxy) is 1. The molecule has 0 radical (unpaired) electrons. The van der Waals surface area contributed by atoms with Crippen molar-refractivity contribution < 1.29 is 9.26 Å². The second-order valence-electron chi connectivity index (χ2n) is 3.94. The van der Waals surface area contributed by atoms with Gasteiger partial charge < -0.3 is 9.26 Å². The van der Waals surface area contributed by atoms with Crippen LogP contribution in [-0.4, -0.2) is 5.16 Å². The third kappa shape index (κ3) is 2.24. The van der Waals surface area contributed by atoms with Gasteiger partial charge in [-0.05, 0) is 31.9 Å².